The molecular weight excluding hydrogens is 204 g/mol. The lowest BCUT2D eigenvalue weighted by atomic mass is 9.98. The third-order valence-electron chi connectivity index (χ3n) is 3.03. The highest BCUT2D eigenvalue weighted by Crippen LogP contribution is 2.14. The van der Waals surface area contributed by atoms with Crippen LogP contribution in [0.5, 0.6) is 0 Å². The lowest BCUT2D eigenvalue weighted by Gasteiger charge is -2.22. The van der Waals surface area contributed by atoms with E-state index in [0.717, 1.165) is 19.6 Å². The third-order valence-corrected chi connectivity index (χ3v) is 3.03. The van der Waals surface area contributed by atoms with Gasteiger partial charge in [-0.25, -0.2) is 0 Å². The van der Waals surface area contributed by atoms with Gasteiger partial charge in [-0.05, 0) is 31.8 Å². The highest BCUT2D eigenvalue weighted by Gasteiger charge is 2.14. The number of piperidine rings is 1. The lowest BCUT2D eigenvalue weighted by Crippen LogP contribution is -2.30. The Kier molecular flexibility index (Phi) is 3.56. The summed E-state index contributed by atoms with van der Waals surface area (Å²) in [7, 11) is 1.63. The molecule has 2 N–H and O–H groups in total. The van der Waals surface area contributed by atoms with E-state index in [-0.39, 0.29) is 5.91 Å². The van der Waals surface area contributed by atoms with Crippen LogP contribution in [0, 0.1) is 5.92 Å². The molecule has 1 fully saturated rings. The molecule has 0 atom stereocenters. The second-order valence-electron chi connectivity index (χ2n) is 4.22. The average Bonchev–Trinajstić information content (AvgIpc) is 2.78. The smallest absolute Gasteiger partial charge is 0.254 e. The fraction of sp³-hybridized carbons (Fsp3) is 0.636. The second-order valence-corrected chi connectivity index (χ2v) is 4.22. The van der Waals surface area contributed by atoms with E-state index in [1.165, 1.54) is 12.8 Å². The van der Waals surface area contributed by atoms with Crippen LogP contribution in [0.4, 0.5) is 0 Å². The van der Waals surface area contributed by atoms with Gasteiger partial charge in [0.05, 0.1) is 11.8 Å². The van der Waals surface area contributed by atoms with Gasteiger partial charge in [0.15, 0.2) is 0 Å². The summed E-state index contributed by atoms with van der Waals surface area (Å²) in [6.07, 6.45) is 5.82. The minimum absolute atomic E-state index is 0.0726. The van der Waals surface area contributed by atoms with Crippen LogP contribution in [0.1, 0.15) is 23.2 Å². The van der Waals surface area contributed by atoms with Crippen LogP contribution >= 0.6 is 0 Å². The van der Waals surface area contributed by atoms with Crippen molar-refractivity contribution in [1.29, 1.82) is 0 Å². The fourth-order valence-corrected chi connectivity index (χ4v) is 2.05. The average molecular weight is 222 g/mol. The van der Waals surface area contributed by atoms with Gasteiger partial charge in [0.1, 0.15) is 0 Å². The molecule has 0 aliphatic carbocycles. The molecule has 0 unspecified atom stereocenters. The van der Waals surface area contributed by atoms with Crippen molar-refractivity contribution in [2.45, 2.75) is 19.4 Å². The standard InChI is InChI=1S/C11H18N4O/c1-12-11(16)10-6-14-15(8-10)7-9-2-4-13-5-3-9/h6,8-9,13H,2-5,7H2,1H3,(H,12,16). The number of hydrogen-bond acceptors (Lipinski definition) is 3. The summed E-state index contributed by atoms with van der Waals surface area (Å²) in [6.45, 7) is 3.10. The van der Waals surface area contributed by atoms with E-state index in [0.29, 0.717) is 11.5 Å². The van der Waals surface area contributed by atoms with Crippen molar-refractivity contribution < 1.29 is 4.79 Å². The molecule has 2 rings (SSSR count). The Labute approximate surface area is 95.2 Å². The number of rotatable bonds is 3. The molecule has 0 radical (unpaired) electrons. The largest absolute Gasteiger partial charge is 0.355 e. The molecule has 0 aromatic carbocycles. The SMILES string of the molecule is CNC(=O)c1cnn(CC2CCNCC2)c1. The molecule has 5 heteroatoms. The molecule has 1 saturated heterocycles. The molecule has 1 aromatic rings. The summed E-state index contributed by atoms with van der Waals surface area (Å²) in [5.41, 5.74) is 0.636. The van der Waals surface area contributed by atoms with Crippen LogP contribution in [-0.4, -0.2) is 35.8 Å². The number of nitrogens with zero attached hydrogens (tertiary/aromatic N) is 2. The van der Waals surface area contributed by atoms with Crippen molar-refractivity contribution in [3.8, 4) is 0 Å². The van der Waals surface area contributed by atoms with Gasteiger partial charge in [0, 0.05) is 19.8 Å². The van der Waals surface area contributed by atoms with Crippen molar-refractivity contribution in [3.63, 3.8) is 0 Å². The predicted molar refractivity (Wildman–Crippen MR) is 61.2 cm³/mol. The molecule has 0 bridgehead atoms. The van der Waals surface area contributed by atoms with E-state index in [4.69, 9.17) is 0 Å². The fourth-order valence-electron chi connectivity index (χ4n) is 2.05. The van der Waals surface area contributed by atoms with Crippen LogP contribution in [0.15, 0.2) is 12.4 Å². The summed E-state index contributed by atoms with van der Waals surface area (Å²) in [4.78, 5) is 11.3. The number of aromatic nitrogens is 2. The summed E-state index contributed by atoms with van der Waals surface area (Å²) < 4.78 is 1.88. The number of carbonyl (C=O) groups excluding carboxylic acids is 1. The Balaban J connectivity index is 1.94. The van der Waals surface area contributed by atoms with Crippen molar-refractivity contribution in [3.05, 3.63) is 18.0 Å². The minimum atomic E-state index is -0.0726. The van der Waals surface area contributed by atoms with Crippen molar-refractivity contribution >= 4 is 5.91 Å². The number of hydrogen-bond donors (Lipinski definition) is 2. The lowest BCUT2D eigenvalue weighted by molar-refractivity contribution is 0.0963. The van der Waals surface area contributed by atoms with Crippen LogP contribution < -0.4 is 10.6 Å². The highest BCUT2D eigenvalue weighted by molar-refractivity contribution is 5.93. The second kappa shape index (κ2) is 5.12. The van der Waals surface area contributed by atoms with E-state index in [2.05, 4.69) is 15.7 Å². The van der Waals surface area contributed by atoms with Crippen LogP contribution in [-0.2, 0) is 6.54 Å². The Morgan fingerprint density at radius 2 is 2.38 bits per heavy atom. The van der Waals surface area contributed by atoms with Gasteiger partial charge >= 0.3 is 0 Å². The summed E-state index contributed by atoms with van der Waals surface area (Å²) in [5.74, 6) is 0.607. The molecule has 2 heterocycles. The Hall–Kier alpha value is -1.36. The normalized spacial score (nSPS) is 17.3. The van der Waals surface area contributed by atoms with Gasteiger partial charge in [-0.2, -0.15) is 5.10 Å². The molecule has 0 spiro atoms. The van der Waals surface area contributed by atoms with Gasteiger partial charge in [0.25, 0.3) is 5.91 Å². The van der Waals surface area contributed by atoms with E-state index < -0.39 is 0 Å². The molecule has 16 heavy (non-hydrogen) atoms. The first-order valence-electron chi connectivity index (χ1n) is 5.75. The molecule has 5 nitrogen and oxygen atoms in total. The molecule has 1 aromatic heterocycles. The van der Waals surface area contributed by atoms with E-state index in [1.807, 2.05) is 10.9 Å². The number of nitrogens with one attached hydrogen (secondary N) is 2. The first kappa shape index (κ1) is 11.1. The minimum Gasteiger partial charge on any atom is -0.355 e. The van der Waals surface area contributed by atoms with E-state index >= 15 is 0 Å². The van der Waals surface area contributed by atoms with Crippen molar-refractivity contribution in [2.24, 2.45) is 5.92 Å². The molecule has 1 amide bonds. The summed E-state index contributed by atoms with van der Waals surface area (Å²) in [6, 6.07) is 0. The maximum absolute atomic E-state index is 11.3. The van der Waals surface area contributed by atoms with E-state index in [1.54, 1.807) is 13.2 Å². The Bertz CT molecular complexity index is 355. The zero-order valence-corrected chi connectivity index (χ0v) is 9.57. The monoisotopic (exact) mass is 222 g/mol. The maximum Gasteiger partial charge on any atom is 0.254 e. The third kappa shape index (κ3) is 2.61. The highest BCUT2D eigenvalue weighted by atomic mass is 16.1. The maximum atomic E-state index is 11.3. The number of amides is 1. The van der Waals surface area contributed by atoms with Gasteiger partial charge in [0.2, 0.25) is 0 Å². The summed E-state index contributed by atoms with van der Waals surface area (Å²) >= 11 is 0. The van der Waals surface area contributed by atoms with Crippen LogP contribution in [0.2, 0.25) is 0 Å². The van der Waals surface area contributed by atoms with Crippen molar-refractivity contribution in [1.82, 2.24) is 20.4 Å². The molecule has 88 valence electrons. The quantitative estimate of drug-likeness (QED) is 0.770. The molecule has 0 saturated carbocycles. The van der Waals surface area contributed by atoms with Crippen molar-refractivity contribution in [2.75, 3.05) is 20.1 Å². The van der Waals surface area contributed by atoms with Crippen LogP contribution in [0.3, 0.4) is 0 Å². The Morgan fingerprint density at radius 3 is 3.06 bits per heavy atom. The Morgan fingerprint density at radius 1 is 1.62 bits per heavy atom. The predicted octanol–water partition coefficient (Wildman–Crippen LogP) is 0.242. The van der Waals surface area contributed by atoms with Gasteiger partial charge in [-0.1, -0.05) is 0 Å². The van der Waals surface area contributed by atoms with Crippen LogP contribution in [0.25, 0.3) is 0 Å². The van der Waals surface area contributed by atoms with Gasteiger partial charge in [-0.15, -0.1) is 0 Å². The zero-order chi connectivity index (χ0) is 11.4. The first-order valence-corrected chi connectivity index (χ1v) is 5.75. The number of carbonyl (C=O) groups is 1. The summed E-state index contributed by atoms with van der Waals surface area (Å²) in [5, 5.41) is 10.1. The van der Waals surface area contributed by atoms with E-state index in [9.17, 15) is 4.79 Å². The van der Waals surface area contributed by atoms with Gasteiger partial charge < -0.3 is 10.6 Å². The topological polar surface area (TPSA) is 59.0 Å². The molecule has 1 aliphatic rings. The molecular formula is C11H18N4O. The zero-order valence-electron chi connectivity index (χ0n) is 9.57. The first-order chi connectivity index (χ1) is 7.79. The molecule has 1 aliphatic heterocycles. The van der Waals surface area contributed by atoms with Gasteiger partial charge in [-0.3, -0.25) is 9.48 Å².